The number of ether oxygens (including phenoxy) is 1. The van der Waals surface area contributed by atoms with Gasteiger partial charge < -0.3 is 10.1 Å². The van der Waals surface area contributed by atoms with Crippen LogP contribution in [0.2, 0.25) is 0 Å². The molecule has 0 atom stereocenters. The standard InChI is InChI=1S/C15H30N2O/c1-2-5-15(6-3-1)7-9-16-8-4-10-17-11-13-18-14-12-17/h15-16H,1-14H2. The molecule has 0 bridgehead atoms. The summed E-state index contributed by atoms with van der Waals surface area (Å²) in [6, 6.07) is 0. The zero-order chi connectivity index (χ0) is 12.5. The fourth-order valence-electron chi connectivity index (χ4n) is 3.16. The first-order valence-electron chi connectivity index (χ1n) is 7.96. The van der Waals surface area contributed by atoms with Crippen LogP contribution in [0, 0.1) is 5.92 Å². The number of morpholine rings is 1. The Hall–Kier alpha value is -0.120. The van der Waals surface area contributed by atoms with Crippen LogP contribution in [-0.2, 0) is 4.74 Å². The first kappa shape index (κ1) is 14.3. The molecular weight excluding hydrogens is 224 g/mol. The Bertz CT molecular complexity index is 177. The van der Waals surface area contributed by atoms with E-state index in [2.05, 4.69) is 10.2 Å². The summed E-state index contributed by atoms with van der Waals surface area (Å²) in [4.78, 5) is 2.52. The molecule has 1 aliphatic carbocycles. The van der Waals surface area contributed by atoms with Gasteiger partial charge in [-0.2, -0.15) is 0 Å². The molecule has 3 heteroatoms. The summed E-state index contributed by atoms with van der Waals surface area (Å²) in [6.45, 7) is 7.76. The van der Waals surface area contributed by atoms with Crippen molar-refractivity contribution in [1.29, 1.82) is 0 Å². The summed E-state index contributed by atoms with van der Waals surface area (Å²) in [5.41, 5.74) is 0. The highest BCUT2D eigenvalue weighted by Crippen LogP contribution is 2.25. The average Bonchev–Trinajstić information content (AvgIpc) is 2.45. The van der Waals surface area contributed by atoms with E-state index in [1.807, 2.05) is 0 Å². The normalized spacial score (nSPS) is 23.3. The summed E-state index contributed by atoms with van der Waals surface area (Å²) >= 11 is 0. The van der Waals surface area contributed by atoms with Crippen LogP contribution in [0.5, 0.6) is 0 Å². The molecule has 1 saturated carbocycles. The summed E-state index contributed by atoms with van der Waals surface area (Å²) in [7, 11) is 0. The lowest BCUT2D eigenvalue weighted by Crippen LogP contribution is -2.37. The second kappa shape index (κ2) is 8.89. The highest BCUT2D eigenvalue weighted by Gasteiger charge is 2.12. The van der Waals surface area contributed by atoms with Gasteiger partial charge in [-0.3, -0.25) is 4.90 Å². The van der Waals surface area contributed by atoms with E-state index in [1.54, 1.807) is 0 Å². The Labute approximate surface area is 112 Å². The highest BCUT2D eigenvalue weighted by atomic mass is 16.5. The molecule has 0 radical (unpaired) electrons. The van der Waals surface area contributed by atoms with Gasteiger partial charge in [-0.05, 0) is 38.4 Å². The molecule has 0 aromatic heterocycles. The number of rotatable bonds is 7. The van der Waals surface area contributed by atoms with Gasteiger partial charge in [0.2, 0.25) is 0 Å². The maximum absolute atomic E-state index is 5.35. The topological polar surface area (TPSA) is 24.5 Å². The molecular formula is C15H30N2O. The van der Waals surface area contributed by atoms with Crippen molar-refractivity contribution in [3.8, 4) is 0 Å². The summed E-state index contributed by atoms with van der Waals surface area (Å²) in [5, 5.41) is 3.61. The number of nitrogens with one attached hydrogen (secondary N) is 1. The summed E-state index contributed by atoms with van der Waals surface area (Å²) in [6.07, 6.45) is 10.1. The van der Waals surface area contributed by atoms with Gasteiger partial charge in [0.25, 0.3) is 0 Å². The third kappa shape index (κ3) is 5.68. The van der Waals surface area contributed by atoms with Crippen molar-refractivity contribution < 1.29 is 4.74 Å². The molecule has 1 heterocycles. The van der Waals surface area contributed by atoms with E-state index in [9.17, 15) is 0 Å². The van der Waals surface area contributed by atoms with Crippen LogP contribution in [-0.4, -0.2) is 50.8 Å². The lowest BCUT2D eigenvalue weighted by atomic mass is 9.87. The SMILES string of the molecule is C1CCC(CCNCCCN2CCOCC2)CC1. The molecule has 0 aromatic carbocycles. The third-order valence-corrected chi connectivity index (χ3v) is 4.39. The van der Waals surface area contributed by atoms with Gasteiger partial charge in [-0.1, -0.05) is 32.1 Å². The van der Waals surface area contributed by atoms with E-state index < -0.39 is 0 Å². The van der Waals surface area contributed by atoms with Crippen molar-refractivity contribution in [3.05, 3.63) is 0 Å². The molecule has 0 spiro atoms. The quantitative estimate of drug-likeness (QED) is 0.705. The second-order valence-corrected chi connectivity index (χ2v) is 5.85. The van der Waals surface area contributed by atoms with Crippen LogP contribution in [0.15, 0.2) is 0 Å². The Morgan fingerprint density at radius 3 is 2.56 bits per heavy atom. The van der Waals surface area contributed by atoms with Gasteiger partial charge >= 0.3 is 0 Å². The van der Waals surface area contributed by atoms with Gasteiger partial charge in [-0.25, -0.2) is 0 Å². The minimum atomic E-state index is 0.926. The van der Waals surface area contributed by atoms with E-state index in [1.165, 1.54) is 64.6 Å². The predicted octanol–water partition coefficient (Wildman–Crippen LogP) is 2.27. The molecule has 2 aliphatic rings. The first-order valence-corrected chi connectivity index (χ1v) is 7.96. The minimum Gasteiger partial charge on any atom is -0.379 e. The fraction of sp³-hybridized carbons (Fsp3) is 1.00. The second-order valence-electron chi connectivity index (χ2n) is 5.85. The van der Waals surface area contributed by atoms with Gasteiger partial charge in [0.05, 0.1) is 13.2 Å². The summed E-state index contributed by atoms with van der Waals surface area (Å²) in [5.74, 6) is 1.02. The molecule has 1 N–H and O–H groups in total. The van der Waals surface area contributed by atoms with Crippen LogP contribution in [0.3, 0.4) is 0 Å². The van der Waals surface area contributed by atoms with Gasteiger partial charge in [0, 0.05) is 13.1 Å². The largest absolute Gasteiger partial charge is 0.379 e. The van der Waals surface area contributed by atoms with Crippen molar-refractivity contribution >= 4 is 0 Å². The molecule has 18 heavy (non-hydrogen) atoms. The monoisotopic (exact) mass is 254 g/mol. The molecule has 2 fully saturated rings. The molecule has 0 amide bonds. The van der Waals surface area contributed by atoms with Crippen molar-refractivity contribution in [3.63, 3.8) is 0 Å². The molecule has 1 aliphatic heterocycles. The van der Waals surface area contributed by atoms with Crippen molar-refractivity contribution in [2.24, 2.45) is 5.92 Å². The predicted molar refractivity (Wildman–Crippen MR) is 75.9 cm³/mol. The first-order chi connectivity index (χ1) is 8.95. The average molecular weight is 254 g/mol. The van der Waals surface area contributed by atoms with Gasteiger partial charge in [-0.15, -0.1) is 0 Å². The minimum absolute atomic E-state index is 0.926. The van der Waals surface area contributed by atoms with Crippen LogP contribution < -0.4 is 5.32 Å². The lowest BCUT2D eigenvalue weighted by molar-refractivity contribution is 0.0374. The molecule has 1 saturated heterocycles. The lowest BCUT2D eigenvalue weighted by Gasteiger charge is -2.26. The zero-order valence-electron chi connectivity index (χ0n) is 11.8. The number of hydrogen-bond acceptors (Lipinski definition) is 3. The molecule has 3 nitrogen and oxygen atoms in total. The van der Waals surface area contributed by atoms with Crippen LogP contribution >= 0.6 is 0 Å². The van der Waals surface area contributed by atoms with Crippen LogP contribution in [0.25, 0.3) is 0 Å². The maximum Gasteiger partial charge on any atom is 0.0594 e. The van der Waals surface area contributed by atoms with E-state index in [-0.39, 0.29) is 0 Å². The van der Waals surface area contributed by atoms with Gasteiger partial charge in [0.15, 0.2) is 0 Å². The molecule has 0 aromatic rings. The Balaban J connectivity index is 1.39. The highest BCUT2D eigenvalue weighted by molar-refractivity contribution is 4.67. The number of nitrogens with zero attached hydrogens (tertiary/aromatic N) is 1. The van der Waals surface area contributed by atoms with Crippen LogP contribution in [0.4, 0.5) is 0 Å². The van der Waals surface area contributed by atoms with Crippen molar-refractivity contribution in [2.75, 3.05) is 45.9 Å². The molecule has 106 valence electrons. The van der Waals surface area contributed by atoms with E-state index in [0.717, 1.165) is 32.2 Å². The maximum atomic E-state index is 5.35. The molecule has 2 rings (SSSR count). The van der Waals surface area contributed by atoms with Gasteiger partial charge in [0.1, 0.15) is 0 Å². The van der Waals surface area contributed by atoms with E-state index >= 15 is 0 Å². The Morgan fingerprint density at radius 2 is 1.78 bits per heavy atom. The van der Waals surface area contributed by atoms with Crippen LogP contribution in [0.1, 0.15) is 44.9 Å². The third-order valence-electron chi connectivity index (χ3n) is 4.39. The van der Waals surface area contributed by atoms with Crippen molar-refractivity contribution in [1.82, 2.24) is 10.2 Å². The van der Waals surface area contributed by atoms with Crippen molar-refractivity contribution in [2.45, 2.75) is 44.9 Å². The van der Waals surface area contributed by atoms with E-state index in [4.69, 9.17) is 4.74 Å². The van der Waals surface area contributed by atoms with E-state index in [0.29, 0.717) is 0 Å². The Morgan fingerprint density at radius 1 is 1.00 bits per heavy atom. The Kier molecular flexibility index (Phi) is 7.06. The summed E-state index contributed by atoms with van der Waals surface area (Å²) < 4.78 is 5.35. The number of hydrogen-bond donors (Lipinski definition) is 1. The smallest absolute Gasteiger partial charge is 0.0594 e. The molecule has 0 unspecified atom stereocenters. The fourth-order valence-corrected chi connectivity index (χ4v) is 3.16. The zero-order valence-corrected chi connectivity index (χ0v) is 11.8.